The van der Waals surface area contributed by atoms with Gasteiger partial charge in [-0.05, 0) is 102 Å². The molecule has 1 aromatic rings. The Balaban J connectivity index is 1.61. The molecule has 166 valence electrons. The Morgan fingerprint density at radius 3 is 2.43 bits per heavy atom. The van der Waals surface area contributed by atoms with Gasteiger partial charge in [-0.25, -0.2) is 0 Å². The van der Waals surface area contributed by atoms with Gasteiger partial charge in [-0.3, -0.25) is 4.79 Å². The topological polar surface area (TPSA) is 29.5 Å². The number of ether oxygens (including phenoxy) is 1. The first-order chi connectivity index (χ1) is 14.6. The summed E-state index contributed by atoms with van der Waals surface area (Å²) in [4.78, 5) is 18.8. The van der Waals surface area contributed by atoms with Crippen molar-refractivity contribution >= 4 is 28.5 Å². The van der Waals surface area contributed by atoms with Crippen molar-refractivity contribution in [1.29, 1.82) is 0 Å². The van der Waals surface area contributed by atoms with Gasteiger partial charge in [0.05, 0.1) is 11.8 Å². The Bertz CT molecular complexity index is 751. The number of anilines is 1. The molecule has 0 bridgehead atoms. The molecule has 1 heterocycles. The van der Waals surface area contributed by atoms with Crippen LogP contribution in [0.2, 0.25) is 0 Å². The number of amides is 1. The highest BCUT2D eigenvalue weighted by Gasteiger charge is 2.36. The minimum absolute atomic E-state index is 0.206. The van der Waals surface area contributed by atoms with Crippen molar-refractivity contribution in [3.05, 3.63) is 21.9 Å². The average Bonchev–Trinajstić information content (AvgIpc) is 3.16. The van der Waals surface area contributed by atoms with Crippen molar-refractivity contribution in [3.63, 3.8) is 0 Å². The molecule has 3 aliphatic rings. The third-order valence-corrected chi connectivity index (χ3v) is 8.82. The van der Waals surface area contributed by atoms with E-state index in [4.69, 9.17) is 4.74 Å². The fourth-order valence-electron chi connectivity index (χ4n) is 5.67. The zero-order valence-electron chi connectivity index (χ0n) is 19.1. The molecule has 1 amide bonds. The molecule has 4 rings (SSSR count). The van der Waals surface area contributed by atoms with Gasteiger partial charge in [0.25, 0.3) is 0 Å². The van der Waals surface area contributed by atoms with Crippen LogP contribution < -0.4 is 4.90 Å². The van der Waals surface area contributed by atoms with E-state index in [-0.39, 0.29) is 5.92 Å². The van der Waals surface area contributed by atoms with Gasteiger partial charge >= 0.3 is 0 Å². The van der Waals surface area contributed by atoms with Crippen LogP contribution in [0.5, 0.6) is 0 Å². The average molecular weight is 430 g/mol. The Hall–Kier alpha value is -1.13. The first kappa shape index (κ1) is 22.1. The molecule has 0 aliphatic heterocycles. The van der Waals surface area contributed by atoms with Gasteiger partial charge in [0.15, 0.2) is 0 Å². The van der Waals surface area contributed by atoms with Crippen LogP contribution in [0, 0.1) is 18.8 Å². The highest BCUT2D eigenvalue weighted by Crippen LogP contribution is 2.41. The Labute approximate surface area is 186 Å². The molecule has 0 N–H and O–H groups in total. The Morgan fingerprint density at radius 2 is 1.80 bits per heavy atom. The summed E-state index contributed by atoms with van der Waals surface area (Å²) in [6, 6.07) is 2.67. The SMILES string of the molecule is COC1CCC(N(C(=O)C2CCC(C)CC2)c2cc(C3=CCCCC3)sc2C)CC1. The standard InChI is InChI=1S/C26H39NO2S/c1-18-9-11-21(12-10-18)26(28)27(22-13-15-23(29-3)16-14-22)24-17-25(30-19(24)2)20-7-5-4-6-8-20/h7,17-18,21-23H,4-6,8-16H2,1-3H3. The summed E-state index contributed by atoms with van der Waals surface area (Å²) in [5.74, 6) is 1.37. The van der Waals surface area contributed by atoms with Crippen LogP contribution in [-0.2, 0) is 9.53 Å². The van der Waals surface area contributed by atoms with E-state index in [1.807, 2.05) is 18.4 Å². The molecule has 0 saturated heterocycles. The predicted molar refractivity (Wildman–Crippen MR) is 127 cm³/mol. The summed E-state index contributed by atoms with van der Waals surface area (Å²) in [6.07, 6.45) is 16.5. The minimum Gasteiger partial charge on any atom is -0.381 e. The van der Waals surface area contributed by atoms with Crippen molar-refractivity contribution < 1.29 is 9.53 Å². The molecular formula is C26H39NO2S. The number of hydrogen-bond acceptors (Lipinski definition) is 3. The van der Waals surface area contributed by atoms with Gasteiger partial charge in [-0.2, -0.15) is 0 Å². The van der Waals surface area contributed by atoms with Crippen LogP contribution in [0.1, 0.15) is 93.7 Å². The van der Waals surface area contributed by atoms with E-state index >= 15 is 0 Å². The number of hydrogen-bond donors (Lipinski definition) is 0. The molecule has 30 heavy (non-hydrogen) atoms. The summed E-state index contributed by atoms with van der Waals surface area (Å²) < 4.78 is 5.61. The highest BCUT2D eigenvalue weighted by atomic mass is 32.1. The van der Waals surface area contributed by atoms with Crippen LogP contribution in [0.25, 0.3) is 5.57 Å². The lowest BCUT2D eigenvalue weighted by Crippen LogP contribution is -2.47. The zero-order valence-corrected chi connectivity index (χ0v) is 19.9. The largest absolute Gasteiger partial charge is 0.381 e. The summed E-state index contributed by atoms with van der Waals surface area (Å²) in [6.45, 7) is 4.55. The van der Waals surface area contributed by atoms with Gasteiger partial charge in [0, 0.05) is 28.8 Å². The fourth-order valence-corrected chi connectivity index (χ4v) is 6.75. The maximum atomic E-state index is 13.9. The molecule has 0 atom stereocenters. The molecule has 0 radical (unpaired) electrons. The van der Waals surface area contributed by atoms with Crippen molar-refractivity contribution in [2.24, 2.45) is 11.8 Å². The smallest absolute Gasteiger partial charge is 0.230 e. The molecule has 2 fully saturated rings. The molecular weight excluding hydrogens is 390 g/mol. The molecule has 1 aromatic heterocycles. The van der Waals surface area contributed by atoms with E-state index in [9.17, 15) is 4.79 Å². The first-order valence-corrected chi connectivity index (χ1v) is 13.0. The monoisotopic (exact) mass is 429 g/mol. The number of carbonyl (C=O) groups excluding carboxylic acids is 1. The maximum Gasteiger partial charge on any atom is 0.230 e. The molecule has 0 spiro atoms. The molecule has 3 aliphatic carbocycles. The van der Waals surface area contributed by atoms with Crippen LogP contribution in [0.4, 0.5) is 5.69 Å². The van der Waals surface area contributed by atoms with E-state index in [1.165, 1.54) is 59.5 Å². The first-order valence-electron chi connectivity index (χ1n) is 12.2. The van der Waals surface area contributed by atoms with Crippen molar-refractivity contribution in [2.45, 2.75) is 103 Å². The van der Waals surface area contributed by atoms with Crippen molar-refractivity contribution in [1.82, 2.24) is 0 Å². The number of aryl methyl sites for hydroxylation is 1. The fraction of sp³-hybridized carbons (Fsp3) is 0.731. The van der Waals surface area contributed by atoms with Gasteiger partial charge in [-0.1, -0.05) is 13.0 Å². The molecule has 0 unspecified atom stereocenters. The van der Waals surface area contributed by atoms with Gasteiger partial charge in [-0.15, -0.1) is 11.3 Å². The maximum absolute atomic E-state index is 13.9. The van der Waals surface area contributed by atoms with E-state index in [2.05, 4.69) is 30.9 Å². The van der Waals surface area contributed by atoms with Crippen LogP contribution >= 0.6 is 11.3 Å². The van der Waals surface area contributed by atoms with Crippen LogP contribution in [0.15, 0.2) is 12.1 Å². The lowest BCUT2D eigenvalue weighted by atomic mass is 9.81. The number of allylic oxidation sites excluding steroid dienone is 2. The molecule has 0 aromatic carbocycles. The van der Waals surface area contributed by atoms with Crippen LogP contribution in [0.3, 0.4) is 0 Å². The number of carbonyl (C=O) groups is 1. The van der Waals surface area contributed by atoms with E-state index in [0.29, 0.717) is 18.1 Å². The molecule has 3 nitrogen and oxygen atoms in total. The zero-order chi connectivity index (χ0) is 21.1. The summed E-state index contributed by atoms with van der Waals surface area (Å²) >= 11 is 1.90. The third kappa shape index (κ3) is 4.85. The van der Waals surface area contributed by atoms with Crippen molar-refractivity contribution in [3.8, 4) is 0 Å². The quantitative estimate of drug-likeness (QED) is 0.498. The van der Waals surface area contributed by atoms with Crippen molar-refractivity contribution in [2.75, 3.05) is 12.0 Å². The summed E-state index contributed by atoms with van der Waals surface area (Å²) in [5, 5.41) is 0. The van der Waals surface area contributed by atoms with E-state index < -0.39 is 0 Å². The minimum atomic E-state index is 0.206. The van der Waals surface area contributed by atoms with Gasteiger partial charge in [0.1, 0.15) is 0 Å². The summed E-state index contributed by atoms with van der Waals surface area (Å²) in [7, 11) is 1.82. The number of thiophene rings is 1. The third-order valence-electron chi connectivity index (χ3n) is 7.70. The van der Waals surface area contributed by atoms with Gasteiger partial charge in [0.2, 0.25) is 5.91 Å². The molecule has 4 heteroatoms. The lowest BCUT2D eigenvalue weighted by Gasteiger charge is -2.39. The lowest BCUT2D eigenvalue weighted by molar-refractivity contribution is -0.124. The Kier molecular flexibility index (Phi) is 7.36. The normalized spacial score (nSPS) is 30.0. The highest BCUT2D eigenvalue weighted by molar-refractivity contribution is 7.13. The van der Waals surface area contributed by atoms with Gasteiger partial charge < -0.3 is 9.64 Å². The second-order valence-electron chi connectivity index (χ2n) is 9.86. The van der Waals surface area contributed by atoms with E-state index in [0.717, 1.165) is 44.4 Å². The number of methoxy groups -OCH3 is 1. The van der Waals surface area contributed by atoms with E-state index in [1.54, 1.807) is 0 Å². The Morgan fingerprint density at radius 1 is 1.07 bits per heavy atom. The molecule has 2 saturated carbocycles. The second-order valence-corrected chi connectivity index (χ2v) is 11.1. The number of rotatable bonds is 5. The second kappa shape index (κ2) is 9.99. The van der Waals surface area contributed by atoms with Crippen LogP contribution in [-0.4, -0.2) is 25.2 Å². The predicted octanol–water partition coefficient (Wildman–Crippen LogP) is 7.13. The summed E-state index contributed by atoms with van der Waals surface area (Å²) in [5.41, 5.74) is 2.70. The number of nitrogens with zero attached hydrogens (tertiary/aromatic N) is 1.